The Balaban J connectivity index is 0.000000193. The standard InChI is InChI=1S/C25H25N3O8S2.C24H23F2N3O7S2.C24H23F2N3O4S2.CO2/c1-15-12-26-21(16(2)24(15)35-4)14-37(31)25-27-20-11-18(34-3)7-10-22(20)28(25)38(32,33)19-8-5-17(6-9-19)36-13-23(29)30;1-4-35-15-5-8-17(9-6-15)38(31,32)29-20-10-7-16(36-23(25)26)13-18(20)28-24(29)37(30)14-19-22(34-3)21(33-2)11-12-27-19;1-16-8-4-7-11-22(16)35(31,32)29-20-10-6-5-9-18(20)28-23(29)34(30)14-19-17(2)21(12-13-27-19)33-15-24(3,25)26;2-1-3/h5-12H,13-14H2,1-4H3,(H,29,30);5-13,23H,4,14H2,1-3H3;4-13H,14-15H2,1-3H3;. The molecule has 6 heterocycles. The van der Waals surface area contributed by atoms with Gasteiger partial charge in [0.2, 0.25) is 15.5 Å². The first kappa shape index (κ1) is 86.4. The lowest BCUT2D eigenvalue weighted by molar-refractivity contribution is -0.191. The van der Waals surface area contributed by atoms with Gasteiger partial charge in [0, 0.05) is 60.4 Å². The van der Waals surface area contributed by atoms with E-state index in [4.69, 9.17) is 47.9 Å². The maximum atomic E-state index is 13.8. The molecule has 602 valence electrons. The number of ether oxygens (including phenoxy) is 8. The van der Waals surface area contributed by atoms with Gasteiger partial charge in [0.15, 0.2) is 24.7 Å². The number of aliphatic carboxylic acids is 1. The van der Waals surface area contributed by atoms with Crippen LogP contribution in [0.5, 0.6) is 46.0 Å². The van der Waals surface area contributed by atoms with Crippen LogP contribution in [0.2, 0.25) is 0 Å². The summed E-state index contributed by atoms with van der Waals surface area (Å²) in [5.41, 5.74) is 4.73. The molecular formula is C74H71F4N9O21S6. The maximum Gasteiger partial charge on any atom is 0.387 e. The van der Waals surface area contributed by atoms with Crippen molar-refractivity contribution in [1.82, 2.24) is 41.8 Å². The molecule has 0 fully saturated rings. The summed E-state index contributed by atoms with van der Waals surface area (Å²) in [6, 6.07) is 35.4. The molecule has 3 atom stereocenters. The Morgan fingerprint density at radius 2 is 0.974 bits per heavy atom. The van der Waals surface area contributed by atoms with Gasteiger partial charge in [-0.05, 0) is 137 Å². The first-order chi connectivity index (χ1) is 54.1. The number of hydrogen-bond acceptors (Lipinski definition) is 26. The van der Waals surface area contributed by atoms with Crippen LogP contribution in [0.25, 0.3) is 33.1 Å². The van der Waals surface area contributed by atoms with Crippen LogP contribution in [0, 0.1) is 27.7 Å². The lowest BCUT2D eigenvalue weighted by Crippen LogP contribution is -2.21. The van der Waals surface area contributed by atoms with Crippen molar-refractivity contribution in [2.75, 3.05) is 48.3 Å². The molecule has 0 bridgehead atoms. The number of nitrogens with zero attached hydrogens (tertiary/aromatic N) is 9. The predicted octanol–water partition coefficient (Wildman–Crippen LogP) is 11.1. The highest BCUT2D eigenvalue weighted by Crippen LogP contribution is 2.37. The van der Waals surface area contributed by atoms with Gasteiger partial charge in [-0.1, -0.05) is 30.3 Å². The first-order valence-corrected chi connectivity index (χ1v) is 41.6. The number of benzene rings is 6. The molecule has 0 spiro atoms. The summed E-state index contributed by atoms with van der Waals surface area (Å²) >= 11 is 0. The van der Waals surface area contributed by atoms with E-state index in [9.17, 15) is 60.2 Å². The SMILES string of the molecule is CCOc1ccc(S(=O)(=O)n2c(S(=O)Cc3nccc(OC)c3OC)nc3cc(OC(F)F)ccc32)cc1.COc1ccc2c(c1)nc(S(=O)Cc1ncc(C)c(OC)c1C)n2S(=O)(=O)c1ccc(OCC(=O)O)cc1.Cc1ccccc1S(=O)(=O)n1c(S(=O)Cc2nccc(OCC(C)(F)F)c2C)nc2ccccc21.O=C=O. The number of aromatic nitrogens is 9. The lowest BCUT2D eigenvalue weighted by Gasteiger charge is -2.15. The summed E-state index contributed by atoms with van der Waals surface area (Å²) in [7, 11) is -12.9. The highest BCUT2D eigenvalue weighted by atomic mass is 32.2. The summed E-state index contributed by atoms with van der Waals surface area (Å²) in [6.07, 6.45) is 4.66. The average molecular weight is 1690 g/mol. The van der Waals surface area contributed by atoms with Gasteiger partial charge in [-0.25, -0.2) is 65.7 Å². The minimum atomic E-state index is -4.35. The molecule has 40 heteroatoms. The normalized spacial score (nSPS) is 12.4. The summed E-state index contributed by atoms with van der Waals surface area (Å²) in [4.78, 5) is 52.7. The van der Waals surface area contributed by atoms with Crippen molar-refractivity contribution in [3.8, 4) is 46.0 Å². The third-order valence-corrected chi connectivity index (χ3v) is 25.6. The van der Waals surface area contributed by atoms with Crippen LogP contribution < -0.4 is 37.9 Å². The molecule has 6 aromatic carbocycles. The molecule has 0 saturated carbocycles. The molecule has 0 amide bonds. The predicted molar refractivity (Wildman–Crippen MR) is 407 cm³/mol. The second kappa shape index (κ2) is 37.4. The van der Waals surface area contributed by atoms with Crippen molar-refractivity contribution in [1.29, 1.82) is 0 Å². The molecule has 0 radical (unpaired) electrons. The molecule has 1 N–H and O–H groups in total. The molecule has 114 heavy (non-hydrogen) atoms. The van der Waals surface area contributed by atoms with E-state index in [0.717, 1.165) is 30.5 Å². The number of pyridine rings is 3. The van der Waals surface area contributed by atoms with Gasteiger partial charge in [0.1, 0.15) is 34.5 Å². The fraction of sp³-hybridized carbons (Fsp3) is 0.243. The number of para-hydroxylation sites is 2. The molecule has 0 aliphatic heterocycles. The monoisotopic (exact) mass is 1690 g/mol. The van der Waals surface area contributed by atoms with Gasteiger partial charge >= 0.3 is 18.7 Å². The Bertz CT molecular complexity index is 6000. The molecule has 0 saturated heterocycles. The molecule has 0 aliphatic rings. The Hall–Kier alpha value is -11.6. The fourth-order valence-electron chi connectivity index (χ4n) is 11.1. The quantitative estimate of drug-likeness (QED) is 0.0425. The Morgan fingerprint density at radius 3 is 1.48 bits per heavy atom. The minimum Gasteiger partial charge on any atom is -0.497 e. The van der Waals surface area contributed by atoms with Crippen molar-refractivity contribution in [3.63, 3.8) is 0 Å². The van der Waals surface area contributed by atoms with Gasteiger partial charge < -0.3 is 43.0 Å². The number of hydrogen-bond donors (Lipinski definition) is 1. The van der Waals surface area contributed by atoms with Crippen molar-refractivity contribution in [2.45, 2.75) is 101 Å². The zero-order valence-electron chi connectivity index (χ0n) is 62.0. The van der Waals surface area contributed by atoms with Gasteiger partial charge in [-0.2, -0.15) is 18.4 Å². The van der Waals surface area contributed by atoms with Gasteiger partial charge in [0.25, 0.3) is 36.0 Å². The van der Waals surface area contributed by atoms with E-state index in [-0.39, 0.29) is 104 Å². The number of aryl methyl sites for hydroxylation is 2. The number of carboxylic acid groups (broad SMARTS) is 1. The van der Waals surface area contributed by atoms with Crippen LogP contribution in [0.3, 0.4) is 0 Å². The minimum absolute atomic E-state index is 0.00780. The van der Waals surface area contributed by atoms with Crippen LogP contribution in [0.4, 0.5) is 17.6 Å². The van der Waals surface area contributed by atoms with Crippen molar-refractivity contribution in [2.24, 2.45) is 0 Å². The largest absolute Gasteiger partial charge is 0.497 e. The number of methoxy groups -OCH3 is 4. The van der Waals surface area contributed by atoms with Crippen molar-refractivity contribution >= 4 is 108 Å². The van der Waals surface area contributed by atoms with Crippen LogP contribution in [-0.4, -0.2) is 158 Å². The Morgan fingerprint density at radius 1 is 0.518 bits per heavy atom. The average Bonchev–Trinajstić information content (AvgIpc) is 1.53. The lowest BCUT2D eigenvalue weighted by atomic mass is 10.1. The van der Waals surface area contributed by atoms with Crippen LogP contribution in [0.15, 0.2) is 194 Å². The van der Waals surface area contributed by atoms with Gasteiger partial charge in [-0.3, -0.25) is 27.6 Å². The summed E-state index contributed by atoms with van der Waals surface area (Å²) in [5.74, 6) is -2.48. The zero-order valence-corrected chi connectivity index (χ0v) is 66.9. The fourth-order valence-corrected chi connectivity index (χ4v) is 20.4. The second-order valence-corrected chi connectivity index (χ2v) is 33.4. The number of carboxylic acids is 1. The summed E-state index contributed by atoms with van der Waals surface area (Å²) in [6.45, 7) is 5.40. The maximum absolute atomic E-state index is 13.8. The third-order valence-electron chi connectivity index (χ3n) is 16.3. The highest BCUT2D eigenvalue weighted by molar-refractivity contribution is 7.92. The third kappa shape index (κ3) is 19.9. The van der Waals surface area contributed by atoms with Crippen LogP contribution in [-0.2, 0) is 94.1 Å². The van der Waals surface area contributed by atoms with Gasteiger partial charge in [-0.15, -0.1) is 0 Å². The number of halogens is 4. The van der Waals surface area contributed by atoms with E-state index in [1.807, 2.05) is 6.92 Å². The number of rotatable bonds is 29. The molecule has 30 nitrogen and oxygen atoms in total. The number of imidazole rings is 3. The number of carbonyl (C=O) groups is 1. The van der Waals surface area contributed by atoms with E-state index in [1.165, 1.54) is 120 Å². The molecule has 3 unspecified atom stereocenters. The van der Waals surface area contributed by atoms with Crippen LogP contribution >= 0.6 is 0 Å². The number of alkyl halides is 4. The molecule has 12 rings (SSSR count). The van der Waals surface area contributed by atoms with E-state index in [0.29, 0.717) is 68.7 Å². The summed E-state index contributed by atoms with van der Waals surface area (Å²) in [5, 5.41) is 8.12. The molecular weight excluding hydrogens is 1620 g/mol. The highest BCUT2D eigenvalue weighted by Gasteiger charge is 2.34. The van der Waals surface area contributed by atoms with Crippen molar-refractivity contribution in [3.05, 3.63) is 204 Å². The number of fused-ring (bicyclic) bond motifs is 3. The smallest absolute Gasteiger partial charge is 0.387 e. The second-order valence-electron chi connectivity index (χ2n) is 24.0. The Labute approximate surface area is 657 Å². The first-order valence-electron chi connectivity index (χ1n) is 33.3. The topological polar surface area (TPSA) is 391 Å². The Kier molecular flexibility index (Phi) is 28.4. The molecule has 6 aromatic heterocycles. The van der Waals surface area contributed by atoms with Crippen molar-refractivity contribution < 1.29 is 113 Å². The van der Waals surface area contributed by atoms with E-state index in [1.54, 1.807) is 94.6 Å². The van der Waals surface area contributed by atoms with E-state index in [2.05, 4.69) is 34.6 Å². The zero-order chi connectivity index (χ0) is 83.1. The molecule has 12 aromatic rings. The summed E-state index contributed by atoms with van der Waals surface area (Å²) < 4.78 is 220. The van der Waals surface area contributed by atoms with Crippen LogP contribution in [0.1, 0.15) is 53.2 Å². The van der Waals surface area contributed by atoms with Gasteiger partial charge in [0.05, 0.1) is 150 Å². The van der Waals surface area contributed by atoms with E-state index >= 15 is 0 Å². The number of carbonyl (C=O) groups excluding carboxylic acids is 2. The molecule has 0 aliphatic carbocycles. The van der Waals surface area contributed by atoms with E-state index < -0.39 is 94.2 Å².